The molecule has 198 valence electrons. The van der Waals surface area contributed by atoms with Gasteiger partial charge in [-0.15, -0.1) is 0 Å². The molecule has 0 aliphatic heterocycles. The lowest BCUT2D eigenvalue weighted by atomic mass is 9.86. The smallest absolute Gasteiger partial charge is 0.408 e. The average molecular weight is 509 g/mol. The van der Waals surface area contributed by atoms with Gasteiger partial charge in [-0.05, 0) is 61.6 Å². The number of benzene rings is 2. The molecule has 1 aromatic heterocycles. The predicted octanol–water partition coefficient (Wildman–Crippen LogP) is 5.49. The van der Waals surface area contributed by atoms with E-state index < -0.39 is 23.7 Å². The van der Waals surface area contributed by atoms with Crippen LogP contribution in [0.4, 0.5) is 4.79 Å². The lowest BCUT2D eigenvalue weighted by Crippen LogP contribution is -2.44. The fraction of sp³-hybridized carbons (Fsp3) is 0.414. The summed E-state index contributed by atoms with van der Waals surface area (Å²) in [6.07, 6.45) is 2.06. The van der Waals surface area contributed by atoms with Gasteiger partial charge in [0.25, 0.3) is 0 Å². The number of ether oxygens (including phenoxy) is 2. The number of fused-ring (bicyclic) bond motifs is 1. The number of rotatable bonds is 9. The summed E-state index contributed by atoms with van der Waals surface area (Å²) in [7, 11) is 0. The van der Waals surface area contributed by atoms with Crippen molar-refractivity contribution in [2.75, 3.05) is 6.61 Å². The van der Waals surface area contributed by atoms with Crippen molar-refractivity contribution in [2.45, 2.75) is 66.0 Å². The molecule has 8 heteroatoms. The molecule has 1 unspecified atom stereocenters. The summed E-state index contributed by atoms with van der Waals surface area (Å²) in [6.45, 7) is 11.0. The molecule has 0 saturated heterocycles. The number of hydrogen-bond donors (Lipinski definition) is 3. The van der Waals surface area contributed by atoms with Crippen LogP contribution in [0.15, 0.2) is 48.7 Å². The van der Waals surface area contributed by atoms with Gasteiger partial charge in [0.15, 0.2) is 0 Å². The summed E-state index contributed by atoms with van der Waals surface area (Å²) >= 11 is 0. The Bertz CT molecular complexity index is 1290. The van der Waals surface area contributed by atoms with Crippen molar-refractivity contribution >= 4 is 28.9 Å². The van der Waals surface area contributed by atoms with E-state index in [0.717, 1.165) is 39.6 Å². The Morgan fingerprint density at radius 2 is 1.73 bits per heavy atom. The van der Waals surface area contributed by atoms with Crippen LogP contribution >= 0.6 is 0 Å². The first-order valence-corrected chi connectivity index (χ1v) is 12.3. The number of aliphatic carboxylic acids is 1. The second kappa shape index (κ2) is 11.1. The monoisotopic (exact) mass is 508 g/mol. The Kier molecular flexibility index (Phi) is 8.31. The molecule has 0 aliphatic carbocycles. The van der Waals surface area contributed by atoms with E-state index in [-0.39, 0.29) is 17.8 Å². The second-order valence-corrected chi connectivity index (χ2v) is 11.1. The first kappa shape index (κ1) is 27.8. The van der Waals surface area contributed by atoms with Crippen LogP contribution in [0.3, 0.4) is 0 Å². The van der Waals surface area contributed by atoms with Gasteiger partial charge >= 0.3 is 18.0 Å². The van der Waals surface area contributed by atoms with Gasteiger partial charge in [0, 0.05) is 35.9 Å². The zero-order chi connectivity index (χ0) is 27.4. The molecule has 1 heterocycles. The fourth-order valence-corrected chi connectivity index (χ4v) is 4.13. The second-order valence-electron chi connectivity index (χ2n) is 11.1. The standard InChI is InChI=1S/C29H36N2O6/c1-18(32)36-17-29(5,6)15-22-16-30-24-11-10-21(14-23(22)24)20-9-7-8-19(12-20)13-25(26(33)34)31-27(35)37-28(2,3)4/h7-12,14,16,25,30H,13,15,17H2,1-6H3,(H,31,35)(H,33,34). The summed E-state index contributed by atoms with van der Waals surface area (Å²) in [5.41, 5.74) is 3.87. The average Bonchev–Trinajstić information content (AvgIpc) is 3.17. The molecule has 3 aromatic rings. The Morgan fingerprint density at radius 3 is 2.38 bits per heavy atom. The molecule has 37 heavy (non-hydrogen) atoms. The molecule has 0 bridgehead atoms. The number of esters is 1. The molecule has 0 spiro atoms. The van der Waals surface area contributed by atoms with E-state index in [4.69, 9.17) is 9.47 Å². The van der Waals surface area contributed by atoms with Crippen LogP contribution < -0.4 is 5.32 Å². The quantitative estimate of drug-likeness (QED) is 0.329. The third-order valence-electron chi connectivity index (χ3n) is 5.79. The minimum Gasteiger partial charge on any atom is -0.480 e. The molecule has 0 fully saturated rings. The predicted molar refractivity (Wildman–Crippen MR) is 142 cm³/mol. The van der Waals surface area contributed by atoms with Gasteiger partial charge in [-0.3, -0.25) is 4.79 Å². The number of aromatic amines is 1. The van der Waals surface area contributed by atoms with Gasteiger partial charge in [-0.1, -0.05) is 44.2 Å². The first-order valence-electron chi connectivity index (χ1n) is 12.3. The number of hydrogen-bond acceptors (Lipinski definition) is 5. The number of carboxylic acid groups (broad SMARTS) is 1. The topological polar surface area (TPSA) is 118 Å². The highest BCUT2D eigenvalue weighted by Gasteiger charge is 2.25. The van der Waals surface area contributed by atoms with Crippen LogP contribution in [0.5, 0.6) is 0 Å². The molecule has 1 atom stereocenters. The maximum atomic E-state index is 12.1. The number of carboxylic acids is 1. The minimum absolute atomic E-state index is 0.115. The van der Waals surface area contributed by atoms with Crippen LogP contribution in [0, 0.1) is 5.41 Å². The highest BCUT2D eigenvalue weighted by molar-refractivity contribution is 5.88. The highest BCUT2D eigenvalue weighted by Crippen LogP contribution is 2.31. The fourth-order valence-electron chi connectivity index (χ4n) is 4.13. The Morgan fingerprint density at radius 1 is 1.03 bits per heavy atom. The largest absolute Gasteiger partial charge is 0.480 e. The van der Waals surface area contributed by atoms with Gasteiger partial charge < -0.3 is 24.9 Å². The number of alkyl carbamates (subject to hydrolysis) is 1. The van der Waals surface area contributed by atoms with Crippen LogP contribution in [0.25, 0.3) is 22.0 Å². The van der Waals surface area contributed by atoms with Crippen molar-refractivity contribution in [2.24, 2.45) is 5.41 Å². The Hall–Kier alpha value is -3.81. The molecule has 1 amide bonds. The van der Waals surface area contributed by atoms with Gasteiger partial charge in [0.05, 0.1) is 6.61 Å². The molecular weight excluding hydrogens is 472 g/mol. The SMILES string of the molecule is CC(=O)OCC(C)(C)Cc1c[nH]c2ccc(-c3cccc(CC(NC(=O)OC(C)(C)C)C(=O)O)c3)cc12. The first-order chi connectivity index (χ1) is 17.2. The lowest BCUT2D eigenvalue weighted by molar-refractivity contribution is -0.144. The van der Waals surface area contributed by atoms with Crippen LogP contribution in [0.2, 0.25) is 0 Å². The number of H-pyrrole nitrogens is 1. The minimum atomic E-state index is -1.13. The number of amides is 1. The molecule has 0 saturated carbocycles. The zero-order valence-electron chi connectivity index (χ0n) is 22.3. The van der Waals surface area contributed by atoms with Crippen molar-refractivity contribution < 1.29 is 29.0 Å². The van der Waals surface area contributed by atoms with Crippen LogP contribution in [-0.2, 0) is 31.9 Å². The molecule has 3 N–H and O–H groups in total. The number of aromatic nitrogens is 1. The summed E-state index contributed by atoms with van der Waals surface area (Å²) in [4.78, 5) is 38.5. The van der Waals surface area contributed by atoms with Crippen molar-refractivity contribution in [3.8, 4) is 11.1 Å². The Balaban J connectivity index is 1.82. The van der Waals surface area contributed by atoms with Crippen molar-refractivity contribution in [3.63, 3.8) is 0 Å². The van der Waals surface area contributed by atoms with Crippen molar-refractivity contribution in [1.29, 1.82) is 0 Å². The molecular formula is C29H36N2O6. The van der Waals surface area contributed by atoms with Gasteiger partial charge in [0.1, 0.15) is 11.6 Å². The summed E-state index contributed by atoms with van der Waals surface area (Å²) < 4.78 is 10.5. The van der Waals surface area contributed by atoms with E-state index in [0.29, 0.717) is 6.61 Å². The van der Waals surface area contributed by atoms with Gasteiger partial charge in [-0.25, -0.2) is 9.59 Å². The van der Waals surface area contributed by atoms with Crippen LogP contribution in [0.1, 0.15) is 52.7 Å². The molecule has 3 rings (SSSR count). The van der Waals surface area contributed by atoms with E-state index >= 15 is 0 Å². The molecule has 0 radical (unpaired) electrons. The normalized spacial score (nSPS) is 12.7. The van der Waals surface area contributed by atoms with E-state index in [9.17, 15) is 19.5 Å². The highest BCUT2D eigenvalue weighted by atomic mass is 16.6. The molecule has 0 aliphatic rings. The van der Waals surface area contributed by atoms with Crippen molar-refractivity contribution in [1.82, 2.24) is 10.3 Å². The summed E-state index contributed by atoms with van der Waals surface area (Å²) in [5, 5.41) is 13.2. The zero-order valence-corrected chi connectivity index (χ0v) is 22.3. The maximum absolute atomic E-state index is 12.1. The maximum Gasteiger partial charge on any atom is 0.408 e. The van der Waals surface area contributed by atoms with Crippen molar-refractivity contribution in [3.05, 3.63) is 59.8 Å². The van der Waals surface area contributed by atoms with Gasteiger partial charge in [-0.2, -0.15) is 0 Å². The Labute approximate surface area is 217 Å². The number of nitrogens with one attached hydrogen (secondary N) is 2. The van der Waals surface area contributed by atoms with Gasteiger partial charge in [0.2, 0.25) is 0 Å². The third-order valence-corrected chi connectivity index (χ3v) is 5.79. The lowest BCUT2D eigenvalue weighted by Gasteiger charge is -2.23. The molecule has 2 aromatic carbocycles. The third kappa shape index (κ3) is 8.10. The number of carbonyl (C=O) groups is 3. The van der Waals surface area contributed by atoms with E-state index in [2.05, 4.69) is 30.2 Å². The number of carbonyl (C=O) groups excluding carboxylic acids is 2. The van der Waals surface area contributed by atoms with E-state index in [1.165, 1.54) is 6.92 Å². The van der Waals surface area contributed by atoms with E-state index in [1.807, 2.05) is 42.6 Å². The van der Waals surface area contributed by atoms with Crippen LogP contribution in [-0.4, -0.2) is 46.4 Å². The molecule has 8 nitrogen and oxygen atoms in total. The summed E-state index contributed by atoms with van der Waals surface area (Å²) in [6, 6.07) is 12.6. The van der Waals surface area contributed by atoms with E-state index in [1.54, 1.807) is 20.8 Å². The summed E-state index contributed by atoms with van der Waals surface area (Å²) in [5.74, 6) is -1.42.